The minimum absolute atomic E-state index is 0.320. The number of esters is 1. The molecule has 0 unspecified atom stereocenters. The molecular weight excluding hydrogens is 390 g/mol. The van der Waals surface area contributed by atoms with E-state index in [9.17, 15) is 9.59 Å². The van der Waals surface area contributed by atoms with Gasteiger partial charge in [-0.05, 0) is 45.4 Å². The molecule has 152 valence electrons. The standard InChI is InChI=1S/C20H23N5O3S/c1-5-21-17(26)14(4)28-18(27)16-9-7-6-8-15(16)11-29-20-23-19-22-12(2)10-13(3)25(19)24-20/h6-10,14H,5,11H2,1-4H3,(H,21,26)/t14-/m0/s1. The number of amides is 1. The molecule has 3 aromatic rings. The summed E-state index contributed by atoms with van der Waals surface area (Å²) in [4.78, 5) is 33.2. The van der Waals surface area contributed by atoms with Crippen molar-refractivity contribution in [2.75, 3.05) is 6.54 Å². The normalized spacial score (nSPS) is 12.0. The molecule has 8 nitrogen and oxygen atoms in total. The number of nitrogens with zero attached hydrogens (tertiary/aromatic N) is 4. The lowest BCUT2D eigenvalue weighted by atomic mass is 10.1. The number of aryl methyl sites for hydroxylation is 2. The molecule has 0 saturated carbocycles. The van der Waals surface area contributed by atoms with Gasteiger partial charge in [-0.15, -0.1) is 5.10 Å². The van der Waals surface area contributed by atoms with E-state index in [0.717, 1.165) is 17.0 Å². The van der Waals surface area contributed by atoms with Crippen molar-refractivity contribution in [3.8, 4) is 0 Å². The molecule has 0 fully saturated rings. The molecule has 0 aliphatic rings. The van der Waals surface area contributed by atoms with Gasteiger partial charge in [0.2, 0.25) is 5.16 Å². The monoisotopic (exact) mass is 413 g/mol. The van der Waals surface area contributed by atoms with Crippen molar-refractivity contribution in [2.24, 2.45) is 0 Å². The number of hydrogen-bond acceptors (Lipinski definition) is 7. The van der Waals surface area contributed by atoms with Gasteiger partial charge in [-0.1, -0.05) is 30.0 Å². The molecular formula is C20H23N5O3S. The van der Waals surface area contributed by atoms with Gasteiger partial charge < -0.3 is 10.1 Å². The minimum atomic E-state index is -0.861. The van der Waals surface area contributed by atoms with Gasteiger partial charge in [0, 0.05) is 23.7 Å². The first kappa shape index (κ1) is 20.8. The molecule has 0 saturated heterocycles. The maximum atomic E-state index is 12.6. The second kappa shape index (κ2) is 9.04. The maximum Gasteiger partial charge on any atom is 0.339 e. The topological polar surface area (TPSA) is 98.5 Å². The highest BCUT2D eigenvalue weighted by Crippen LogP contribution is 2.23. The van der Waals surface area contributed by atoms with Crippen molar-refractivity contribution in [3.63, 3.8) is 0 Å². The fourth-order valence-corrected chi connectivity index (χ4v) is 3.61. The zero-order valence-corrected chi connectivity index (χ0v) is 17.6. The van der Waals surface area contributed by atoms with Gasteiger partial charge >= 0.3 is 5.97 Å². The third-order valence-electron chi connectivity index (χ3n) is 4.20. The Morgan fingerprint density at radius 3 is 2.76 bits per heavy atom. The van der Waals surface area contributed by atoms with E-state index in [1.165, 1.54) is 11.8 Å². The Bertz CT molecular complexity index is 1050. The molecule has 0 radical (unpaired) electrons. The van der Waals surface area contributed by atoms with Crippen molar-refractivity contribution in [2.45, 2.75) is 44.7 Å². The van der Waals surface area contributed by atoms with Crippen LogP contribution in [0.1, 0.15) is 41.2 Å². The van der Waals surface area contributed by atoms with Crippen molar-refractivity contribution < 1.29 is 14.3 Å². The Balaban J connectivity index is 1.73. The predicted octanol–water partition coefficient (Wildman–Crippen LogP) is 2.71. The Morgan fingerprint density at radius 2 is 2.00 bits per heavy atom. The summed E-state index contributed by atoms with van der Waals surface area (Å²) in [5.74, 6) is 0.180. The van der Waals surface area contributed by atoms with Gasteiger partial charge in [0.15, 0.2) is 6.10 Å². The summed E-state index contributed by atoms with van der Waals surface area (Å²) in [7, 11) is 0. The largest absolute Gasteiger partial charge is 0.449 e. The van der Waals surface area contributed by atoms with E-state index in [-0.39, 0.29) is 5.91 Å². The first-order valence-corrected chi connectivity index (χ1v) is 10.3. The van der Waals surface area contributed by atoms with Crippen molar-refractivity contribution in [3.05, 3.63) is 52.8 Å². The number of carbonyl (C=O) groups is 2. The molecule has 1 amide bonds. The molecule has 0 aliphatic carbocycles. The van der Waals surface area contributed by atoms with Crippen LogP contribution in [0.25, 0.3) is 5.78 Å². The van der Waals surface area contributed by atoms with Gasteiger partial charge in [0.05, 0.1) is 5.56 Å². The number of carbonyl (C=O) groups excluding carboxylic acids is 2. The number of likely N-dealkylation sites (N-methyl/N-ethyl adjacent to an activating group) is 1. The Labute approximate surface area is 173 Å². The average molecular weight is 414 g/mol. The molecule has 29 heavy (non-hydrogen) atoms. The van der Waals surface area contributed by atoms with Gasteiger partial charge in [-0.3, -0.25) is 4.79 Å². The zero-order valence-electron chi connectivity index (χ0n) is 16.8. The molecule has 1 N–H and O–H groups in total. The van der Waals surface area contributed by atoms with Crippen LogP contribution in [0, 0.1) is 13.8 Å². The van der Waals surface area contributed by atoms with Crippen LogP contribution in [0.2, 0.25) is 0 Å². The summed E-state index contributed by atoms with van der Waals surface area (Å²) >= 11 is 1.41. The maximum absolute atomic E-state index is 12.6. The minimum Gasteiger partial charge on any atom is -0.449 e. The highest BCUT2D eigenvalue weighted by Gasteiger charge is 2.20. The predicted molar refractivity (Wildman–Crippen MR) is 110 cm³/mol. The third-order valence-corrected chi connectivity index (χ3v) is 5.08. The fourth-order valence-electron chi connectivity index (χ4n) is 2.79. The number of fused-ring (bicyclic) bond motifs is 1. The Morgan fingerprint density at radius 1 is 1.24 bits per heavy atom. The second-order valence-corrected chi connectivity index (χ2v) is 7.48. The van der Waals surface area contributed by atoms with Crippen LogP contribution in [0.4, 0.5) is 0 Å². The molecule has 1 atom stereocenters. The number of benzene rings is 1. The van der Waals surface area contributed by atoms with E-state index in [1.54, 1.807) is 23.6 Å². The van der Waals surface area contributed by atoms with Crippen molar-refractivity contribution in [1.82, 2.24) is 24.9 Å². The van der Waals surface area contributed by atoms with E-state index in [2.05, 4.69) is 20.4 Å². The van der Waals surface area contributed by atoms with E-state index >= 15 is 0 Å². The summed E-state index contributed by atoms with van der Waals surface area (Å²) in [6.45, 7) is 7.71. The Kier molecular flexibility index (Phi) is 6.48. The zero-order chi connectivity index (χ0) is 21.0. The van der Waals surface area contributed by atoms with Gasteiger partial charge in [0.1, 0.15) is 0 Å². The molecule has 0 aliphatic heterocycles. The first-order chi connectivity index (χ1) is 13.9. The van der Waals surface area contributed by atoms with Crippen LogP contribution in [-0.2, 0) is 15.3 Å². The van der Waals surface area contributed by atoms with Crippen LogP contribution in [0.15, 0.2) is 35.5 Å². The summed E-state index contributed by atoms with van der Waals surface area (Å²) < 4.78 is 7.01. The lowest BCUT2D eigenvalue weighted by Gasteiger charge is -2.14. The SMILES string of the molecule is CCNC(=O)[C@H](C)OC(=O)c1ccccc1CSc1nc2nc(C)cc(C)n2n1. The third kappa shape index (κ3) is 4.92. The molecule has 9 heteroatoms. The summed E-state index contributed by atoms with van der Waals surface area (Å²) in [6.07, 6.45) is -0.861. The Hall–Kier alpha value is -2.94. The van der Waals surface area contributed by atoms with Gasteiger partial charge in [-0.2, -0.15) is 4.98 Å². The quantitative estimate of drug-likeness (QED) is 0.470. The van der Waals surface area contributed by atoms with Crippen LogP contribution in [0.5, 0.6) is 0 Å². The highest BCUT2D eigenvalue weighted by atomic mass is 32.2. The molecule has 0 bridgehead atoms. The molecule has 1 aromatic carbocycles. The number of nitrogens with one attached hydrogen (secondary N) is 1. The van der Waals surface area contributed by atoms with E-state index in [0.29, 0.717) is 28.8 Å². The average Bonchev–Trinajstić information content (AvgIpc) is 3.10. The summed E-state index contributed by atoms with van der Waals surface area (Å²) in [6, 6.07) is 9.10. The lowest BCUT2D eigenvalue weighted by Crippen LogP contribution is -2.35. The van der Waals surface area contributed by atoms with E-state index < -0.39 is 12.1 Å². The summed E-state index contributed by atoms with van der Waals surface area (Å²) in [5.41, 5.74) is 3.04. The smallest absolute Gasteiger partial charge is 0.339 e. The summed E-state index contributed by atoms with van der Waals surface area (Å²) in [5, 5.41) is 7.69. The van der Waals surface area contributed by atoms with Crippen LogP contribution >= 0.6 is 11.8 Å². The number of hydrogen-bond donors (Lipinski definition) is 1. The first-order valence-electron chi connectivity index (χ1n) is 9.29. The highest BCUT2D eigenvalue weighted by molar-refractivity contribution is 7.98. The molecule has 2 aromatic heterocycles. The fraction of sp³-hybridized carbons (Fsp3) is 0.350. The number of aromatic nitrogens is 4. The lowest BCUT2D eigenvalue weighted by molar-refractivity contribution is -0.128. The van der Waals surface area contributed by atoms with Crippen LogP contribution in [0.3, 0.4) is 0 Å². The number of thioether (sulfide) groups is 1. The number of ether oxygens (including phenoxy) is 1. The van der Waals surface area contributed by atoms with Gasteiger partial charge in [-0.25, -0.2) is 14.3 Å². The van der Waals surface area contributed by atoms with E-state index in [1.807, 2.05) is 39.0 Å². The second-order valence-electron chi connectivity index (χ2n) is 6.53. The number of rotatable bonds is 7. The van der Waals surface area contributed by atoms with Crippen molar-refractivity contribution >= 4 is 29.4 Å². The van der Waals surface area contributed by atoms with Crippen molar-refractivity contribution in [1.29, 1.82) is 0 Å². The van der Waals surface area contributed by atoms with Gasteiger partial charge in [0.25, 0.3) is 11.7 Å². The van der Waals surface area contributed by atoms with Crippen LogP contribution in [-0.4, -0.2) is 44.1 Å². The van der Waals surface area contributed by atoms with Crippen LogP contribution < -0.4 is 5.32 Å². The molecule has 0 spiro atoms. The molecule has 3 rings (SSSR count). The van der Waals surface area contributed by atoms with E-state index in [4.69, 9.17) is 4.74 Å². The molecule has 2 heterocycles.